The van der Waals surface area contributed by atoms with Gasteiger partial charge in [-0.3, -0.25) is 4.79 Å². The molecule has 0 aliphatic rings. The number of hydrogen-bond acceptors (Lipinski definition) is 5. The number of nitrogens with zero attached hydrogens (tertiary/aromatic N) is 3. The monoisotopic (exact) mass is 464 g/mol. The fourth-order valence-corrected chi connectivity index (χ4v) is 4.43. The second-order valence-electron chi connectivity index (χ2n) is 7.59. The molecule has 0 radical (unpaired) electrons. The molecule has 4 rings (SSSR count). The number of aromatic nitrogens is 2. The number of amides is 1. The molecule has 0 spiro atoms. The lowest BCUT2D eigenvalue weighted by atomic mass is 10.2. The molecule has 0 unspecified atom stereocenters. The minimum Gasteiger partial charge on any atom is -0.487 e. The minimum atomic E-state index is -3.62. The number of sulfonamides is 1. The summed E-state index contributed by atoms with van der Waals surface area (Å²) in [6, 6.07) is 19.2. The SMILES string of the molecule is CN(C)S(=O)(=O)c1ccccc1CNC(=O)c1cccc(OCc2cn3ccccc3n2)c1. The molecule has 0 aliphatic carbocycles. The fraction of sp³-hybridized carbons (Fsp3) is 0.167. The zero-order valence-corrected chi connectivity index (χ0v) is 19.1. The van der Waals surface area contributed by atoms with Crippen molar-refractivity contribution in [2.75, 3.05) is 14.1 Å². The van der Waals surface area contributed by atoms with Gasteiger partial charge in [0, 0.05) is 38.6 Å². The molecule has 0 bridgehead atoms. The van der Waals surface area contributed by atoms with E-state index in [1.54, 1.807) is 42.5 Å². The molecule has 33 heavy (non-hydrogen) atoms. The van der Waals surface area contributed by atoms with Crippen molar-refractivity contribution in [1.29, 1.82) is 0 Å². The highest BCUT2D eigenvalue weighted by molar-refractivity contribution is 7.89. The molecule has 170 valence electrons. The number of carbonyl (C=O) groups excluding carboxylic acids is 1. The van der Waals surface area contributed by atoms with E-state index in [-0.39, 0.29) is 24.0 Å². The normalized spacial score (nSPS) is 11.6. The van der Waals surface area contributed by atoms with Crippen LogP contribution < -0.4 is 10.1 Å². The molecule has 0 atom stereocenters. The summed E-state index contributed by atoms with van der Waals surface area (Å²) < 4.78 is 34.0. The summed E-state index contributed by atoms with van der Waals surface area (Å²) in [6.45, 7) is 0.344. The average Bonchev–Trinajstić information content (AvgIpc) is 3.24. The number of nitrogens with one attached hydrogen (secondary N) is 1. The van der Waals surface area contributed by atoms with Gasteiger partial charge in [0.05, 0.1) is 10.6 Å². The lowest BCUT2D eigenvalue weighted by Gasteiger charge is -2.15. The number of ether oxygens (including phenoxy) is 1. The van der Waals surface area contributed by atoms with Gasteiger partial charge in [0.25, 0.3) is 5.91 Å². The van der Waals surface area contributed by atoms with Gasteiger partial charge in [0.1, 0.15) is 18.0 Å². The van der Waals surface area contributed by atoms with Gasteiger partial charge in [0.2, 0.25) is 10.0 Å². The van der Waals surface area contributed by atoms with Crippen molar-refractivity contribution in [3.8, 4) is 5.75 Å². The van der Waals surface area contributed by atoms with Crippen molar-refractivity contribution in [3.05, 3.63) is 95.9 Å². The van der Waals surface area contributed by atoms with Gasteiger partial charge in [-0.2, -0.15) is 0 Å². The van der Waals surface area contributed by atoms with Crippen molar-refractivity contribution in [2.45, 2.75) is 18.0 Å². The maximum absolute atomic E-state index is 12.7. The van der Waals surface area contributed by atoms with E-state index in [4.69, 9.17) is 4.74 Å². The van der Waals surface area contributed by atoms with Crippen molar-refractivity contribution >= 4 is 21.6 Å². The Morgan fingerprint density at radius 2 is 1.85 bits per heavy atom. The molecule has 2 aromatic carbocycles. The summed E-state index contributed by atoms with van der Waals surface area (Å²) in [5, 5.41) is 2.79. The van der Waals surface area contributed by atoms with E-state index in [0.29, 0.717) is 16.9 Å². The zero-order chi connectivity index (χ0) is 23.4. The predicted octanol–water partition coefficient (Wildman–Crippen LogP) is 3.09. The first kappa shape index (κ1) is 22.5. The van der Waals surface area contributed by atoms with E-state index >= 15 is 0 Å². The summed E-state index contributed by atoms with van der Waals surface area (Å²) in [4.78, 5) is 17.4. The highest BCUT2D eigenvalue weighted by Gasteiger charge is 2.21. The third-order valence-corrected chi connectivity index (χ3v) is 6.98. The third kappa shape index (κ3) is 5.05. The first-order valence-electron chi connectivity index (χ1n) is 10.3. The van der Waals surface area contributed by atoms with E-state index in [1.807, 2.05) is 35.0 Å². The number of imidazole rings is 1. The van der Waals surface area contributed by atoms with E-state index in [0.717, 1.165) is 15.6 Å². The Balaban J connectivity index is 1.42. The Kier molecular flexibility index (Phi) is 6.43. The lowest BCUT2D eigenvalue weighted by Crippen LogP contribution is -2.27. The maximum Gasteiger partial charge on any atom is 0.251 e. The van der Waals surface area contributed by atoms with Crippen LogP contribution in [0.3, 0.4) is 0 Å². The second-order valence-corrected chi connectivity index (χ2v) is 9.71. The van der Waals surface area contributed by atoms with Gasteiger partial charge in [-0.15, -0.1) is 0 Å². The number of pyridine rings is 1. The van der Waals surface area contributed by atoms with Crippen LogP contribution in [-0.4, -0.2) is 42.1 Å². The highest BCUT2D eigenvalue weighted by Crippen LogP contribution is 2.19. The van der Waals surface area contributed by atoms with Crippen LogP contribution in [0.2, 0.25) is 0 Å². The average molecular weight is 465 g/mol. The Bertz CT molecular complexity index is 1360. The summed E-state index contributed by atoms with van der Waals surface area (Å²) >= 11 is 0. The van der Waals surface area contributed by atoms with Gasteiger partial charge < -0.3 is 14.5 Å². The molecule has 2 aromatic heterocycles. The van der Waals surface area contributed by atoms with Gasteiger partial charge in [0.15, 0.2) is 0 Å². The number of benzene rings is 2. The van der Waals surface area contributed by atoms with Crippen LogP contribution in [0.1, 0.15) is 21.6 Å². The number of carbonyl (C=O) groups is 1. The molecule has 0 saturated carbocycles. The number of rotatable bonds is 8. The van der Waals surface area contributed by atoms with Crippen molar-refractivity contribution in [3.63, 3.8) is 0 Å². The quantitative estimate of drug-likeness (QED) is 0.433. The molecular formula is C24H24N4O4S. The summed E-state index contributed by atoms with van der Waals surface area (Å²) in [6.07, 6.45) is 3.81. The predicted molar refractivity (Wildman–Crippen MR) is 124 cm³/mol. The molecule has 0 saturated heterocycles. The molecule has 0 fully saturated rings. The smallest absolute Gasteiger partial charge is 0.251 e. The highest BCUT2D eigenvalue weighted by atomic mass is 32.2. The Hall–Kier alpha value is -3.69. The minimum absolute atomic E-state index is 0.0778. The van der Waals surface area contributed by atoms with Crippen molar-refractivity contribution in [2.24, 2.45) is 0 Å². The Labute approximate surface area is 192 Å². The molecule has 8 nitrogen and oxygen atoms in total. The van der Waals surface area contributed by atoms with Crippen LogP contribution in [0.5, 0.6) is 5.75 Å². The molecule has 0 aliphatic heterocycles. The molecule has 4 aromatic rings. The number of fused-ring (bicyclic) bond motifs is 1. The van der Waals surface area contributed by atoms with Crippen LogP contribution >= 0.6 is 0 Å². The van der Waals surface area contributed by atoms with E-state index in [2.05, 4.69) is 10.3 Å². The van der Waals surface area contributed by atoms with Crippen LogP contribution in [0.15, 0.2) is 84.0 Å². The topological polar surface area (TPSA) is 93.0 Å². The fourth-order valence-electron chi connectivity index (χ4n) is 3.32. The van der Waals surface area contributed by atoms with Gasteiger partial charge in [-0.1, -0.05) is 30.3 Å². The molecule has 2 heterocycles. The summed E-state index contributed by atoms with van der Waals surface area (Å²) in [7, 11) is -0.667. The van der Waals surface area contributed by atoms with Gasteiger partial charge in [-0.25, -0.2) is 17.7 Å². The Morgan fingerprint density at radius 1 is 1.06 bits per heavy atom. The third-order valence-electron chi connectivity index (χ3n) is 5.07. The maximum atomic E-state index is 12.7. The Morgan fingerprint density at radius 3 is 2.64 bits per heavy atom. The second kappa shape index (κ2) is 9.43. The summed E-state index contributed by atoms with van der Waals surface area (Å²) in [5.41, 5.74) is 2.53. The van der Waals surface area contributed by atoms with Crippen molar-refractivity contribution < 1.29 is 17.9 Å². The van der Waals surface area contributed by atoms with E-state index < -0.39 is 10.0 Å². The van der Waals surface area contributed by atoms with Gasteiger partial charge >= 0.3 is 0 Å². The first-order valence-corrected chi connectivity index (χ1v) is 11.7. The molecule has 1 amide bonds. The van der Waals surface area contributed by atoms with Crippen LogP contribution in [0, 0.1) is 0 Å². The lowest BCUT2D eigenvalue weighted by molar-refractivity contribution is 0.0950. The molecule has 1 N–H and O–H groups in total. The van der Waals surface area contributed by atoms with Crippen molar-refractivity contribution in [1.82, 2.24) is 19.0 Å². The van der Waals surface area contributed by atoms with Crippen LogP contribution in [0.4, 0.5) is 0 Å². The zero-order valence-electron chi connectivity index (χ0n) is 18.3. The van der Waals surface area contributed by atoms with Gasteiger partial charge in [-0.05, 0) is 42.0 Å². The van der Waals surface area contributed by atoms with E-state index in [1.165, 1.54) is 20.2 Å². The van der Waals surface area contributed by atoms with Crippen LogP contribution in [0.25, 0.3) is 5.65 Å². The standard InChI is InChI=1S/C24H24N4O4S/c1-27(2)33(30,31)22-11-4-3-8-19(22)15-25-24(29)18-9-7-10-21(14-18)32-17-20-16-28-13-6-5-12-23(28)26-20/h3-14,16H,15,17H2,1-2H3,(H,25,29). The first-order chi connectivity index (χ1) is 15.8. The molecule has 9 heteroatoms. The number of hydrogen-bond donors (Lipinski definition) is 1. The largest absolute Gasteiger partial charge is 0.487 e. The molecular weight excluding hydrogens is 440 g/mol. The van der Waals surface area contributed by atoms with E-state index in [9.17, 15) is 13.2 Å². The van der Waals surface area contributed by atoms with Crippen LogP contribution in [-0.2, 0) is 23.2 Å². The summed E-state index contributed by atoms with van der Waals surface area (Å²) in [5.74, 6) is 0.209.